The van der Waals surface area contributed by atoms with Crippen molar-refractivity contribution in [3.63, 3.8) is 0 Å². The van der Waals surface area contributed by atoms with E-state index in [1.807, 2.05) is 0 Å². The topological polar surface area (TPSA) is 37.3 Å². The number of benzene rings is 3. The Morgan fingerprint density at radius 3 is 0.806 bits per heavy atom. The van der Waals surface area contributed by atoms with Crippen LogP contribution in [-0.4, -0.2) is 11.1 Å². The summed E-state index contributed by atoms with van der Waals surface area (Å²) < 4.78 is 0. The van der Waals surface area contributed by atoms with Crippen molar-refractivity contribution in [3.8, 4) is 0 Å². The molecule has 0 aliphatic carbocycles. The maximum absolute atomic E-state index is 11.8. The van der Waals surface area contributed by atoms with Gasteiger partial charge < -0.3 is 5.11 Å². The van der Waals surface area contributed by atoms with E-state index in [0.29, 0.717) is 0 Å². The Morgan fingerprint density at radius 1 is 0.389 bits per heavy atom. The summed E-state index contributed by atoms with van der Waals surface area (Å²) in [5.41, 5.74) is -0.815. The third kappa shape index (κ3) is 5.17. The fourth-order valence-corrected chi connectivity index (χ4v) is 7.26. The maximum atomic E-state index is 11.8. The molecule has 192 valence electrons. The molecule has 0 bridgehead atoms. The number of carbonyl (C=O) groups is 1. The van der Waals surface area contributed by atoms with E-state index in [1.54, 1.807) is 0 Å². The lowest BCUT2D eigenvalue weighted by atomic mass is 9.84. The van der Waals surface area contributed by atoms with E-state index in [1.165, 1.54) is 0 Å². The Hall–Kier alpha value is 1.19. The van der Waals surface area contributed by atoms with Crippen molar-refractivity contribution in [1.82, 2.24) is 0 Å². The summed E-state index contributed by atoms with van der Waals surface area (Å²) in [4.78, 5) is 11.8. The highest BCUT2D eigenvalue weighted by atomic mass is 35.5. The lowest BCUT2D eigenvalue weighted by Gasteiger charge is -2.28. The highest BCUT2D eigenvalue weighted by molar-refractivity contribution is 6.57. The molecular formula is C20H2Cl14O2. The molecule has 0 atom stereocenters. The minimum atomic E-state index is -1.50. The van der Waals surface area contributed by atoms with E-state index < -0.39 is 27.5 Å². The second-order valence-corrected chi connectivity index (χ2v) is 12.0. The van der Waals surface area contributed by atoms with Gasteiger partial charge in [0.2, 0.25) is 0 Å². The van der Waals surface area contributed by atoms with Gasteiger partial charge in [-0.25, -0.2) is 4.79 Å². The van der Waals surface area contributed by atoms with Crippen LogP contribution in [0.5, 0.6) is 0 Å². The standard InChI is InChI=1S/C20H2Cl14O2/c21-6-2(7(22)13(28)5(12(6)27)20(35)36)1(3-8(23)14(29)18(33)15(30)9(3)24)4-10(25)16(31)19(34)17(32)11(4)26/h1H,(H,35,36). The van der Waals surface area contributed by atoms with Crippen LogP contribution in [0.25, 0.3) is 0 Å². The zero-order chi connectivity index (χ0) is 27.5. The van der Waals surface area contributed by atoms with E-state index in [-0.39, 0.29) is 77.0 Å². The third-order valence-electron chi connectivity index (χ3n) is 4.86. The molecule has 3 rings (SSSR count). The summed E-state index contributed by atoms with van der Waals surface area (Å²) in [6.07, 6.45) is 0. The Morgan fingerprint density at radius 2 is 0.583 bits per heavy atom. The van der Waals surface area contributed by atoms with Crippen LogP contribution in [0.3, 0.4) is 0 Å². The number of halogens is 14. The first-order chi connectivity index (χ1) is 16.6. The van der Waals surface area contributed by atoms with Crippen molar-refractivity contribution in [2.45, 2.75) is 5.92 Å². The molecule has 36 heavy (non-hydrogen) atoms. The second-order valence-electron chi connectivity index (χ2n) is 6.75. The molecule has 0 fully saturated rings. The quantitative estimate of drug-likeness (QED) is 0.163. The highest BCUT2D eigenvalue weighted by Crippen LogP contribution is 2.58. The van der Waals surface area contributed by atoms with Crippen molar-refractivity contribution in [2.24, 2.45) is 0 Å². The average Bonchev–Trinajstić information content (AvgIpc) is 2.82. The minimum Gasteiger partial charge on any atom is -0.478 e. The van der Waals surface area contributed by atoms with E-state index in [2.05, 4.69) is 0 Å². The maximum Gasteiger partial charge on any atom is 0.338 e. The molecule has 0 heterocycles. The Kier molecular flexibility index (Phi) is 10.5. The van der Waals surface area contributed by atoms with E-state index in [4.69, 9.17) is 162 Å². The fraction of sp³-hybridized carbons (Fsp3) is 0.0500. The van der Waals surface area contributed by atoms with Gasteiger partial charge in [0.05, 0.1) is 75.9 Å². The Labute approximate surface area is 273 Å². The van der Waals surface area contributed by atoms with E-state index in [0.717, 1.165) is 0 Å². The summed E-state index contributed by atoms with van der Waals surface area (Å²) in [6.45, 7) is 0. The third-order valence-corrected chi connectivity index (χ3v) is 11.2. The van der Waals surface area contributed by atoms with Crippen molar-refractivity contribution in [2.75, 3.05) is 0 Å². The molecule has 0 saturated heterocycles. The predicted molar refractivity (Wildman–Crippen MR) is 157 cm³/mol. The monoisotopic (exact) mass is 764 g/mol. The van der Waals surface area contributed by atoms with Gasteiger partial charge in [0.25, 0.3) is 0 Å². The summed E-state index contributed by atoms with van der Waals surface area (Å²) in [7, 11) is 0. The van der Waals surface area contributed by atoms with Crippen molar-refractivity contribution < 1.29 is 9.90 Å². The Balaban J connectivity index is 2.69. The molecule has 0 saturated carbocycles. The first-order valence-corrected chi connectivity index (χ1v) is 14.0. The first kappa shape index (κ1) is 31.7. The van der Waals surface area contributed by atoms with Crippen molar-refractivity contribution in [3.05, 3.63) is 92.6 Å². The second kappa shape index (κ2) is 12.0. The van der Waals surface area contributed by atoms with E-state index >= 15 is 0 Å². The van der Waals surface area contributed by atoms with Crippen LogP contribution >= 0.6 is 162 Å². The fourth-order valence-electron chi connectivity index (χ4n) is 3.27. The van der Waals surface area contributed by atoms with Gasteiger partial charge >= 0.3 is 5.97 Å². The van der Waals surface area contributed by atoms with Gasteiger partial charge in [0.1, 0.15) is 0 Å². The molecule has 0 aromatic heterocycles. The first-order valence-electron chi connectivity index (χ1n) is 8.69. The number of carboxylic acids is 1. The summed E-state index contributed by atoms with van der Waals surface area (Å²) in [6, 6.07) is 0. The molecular weight excluding hydrogens is 769 g/mol. The lowest BCUT2D eigenvalue weighted by molar-refractivity contribution is 0.0697. The lowest BCUT2D eigenvalue weighted by Crippen LogP contribution is -2.12. The normalized spacial score (nSPS) is 11.5. The SMILES string of the molecule is O=C(O)c1c(Cl)c(Cl)c(C(c2c(Cl)c(Cl)c(Cl)c(Cl)c2Cl)c2c(Cl)c(Cl)c(Cl)c(Cl)c2Cl)c(Cl)c1Cl. The smallest absolute Gasteiger partial charge is 0.338 e. The summed E-state index contributed by atoms with van der Waals surface area (Å²) in [5.74, 6) is -2.89. The summed E-state index contributed by atoms with van der Waals surface area (Å²) >= 11 is 89.5. The number of aromatic carboxylic acids is 1. The van der Waals surface area contributed by atoms with Crippen LogP contribution in [0.1, 0.15) is 33.0 Å². The molecule has 0 radical (unpaired) electrons. The van der Waals surface area contributed by atoms with Crippen LogP contribution in [0.4, 0.5) is 0 Å². The number of carboxylic acid groups (broad SMARTS) is 1. The highest BCUT2D eigenvalue weighted by Gasteiger charge is 2.38. The molecule has 0 amide bonds. The van der Waals surface area contributed by atoms with Crippen molar-refractivity contribution >= 4 is 168 Å². The molecule has 0 unspecified atom stereocenters. The average molecular weight is 771 g/mol. The van der Waals surface area contributed by atoms with Gasteiger partial charge in [-0.1, -0.05) is 162 Å². The van der Waals surface area contributed by atoms with Crippen LogP contribution in [0.15, 0.2) is 0 Å². The van der Waals surface area contributed by atoms with Gasteiger partial charge in [-0.05, 0) is 0 Å². The molecule has 2 nitrogen and oxygen atoms in total. The molecule has 0 spiro atoms. The number of rotatable bonds is 4. The number of hydrogen-bond acceptors (Lipinski definition) is 1. The molecule has 3 aromatic rings. The largest absolute Gasteiger partial charge is 0.478 e. The molecule has 1 N–H and O–H groups in total. The zero-order valence-electron chi connectivity index (χ0n) is 16.2. The minimum absolute atomic E-state index is 0.0602. The van der Waals surface area contributed by atoms with Crippen molar-refractivity contribution in [1.29, 1.82) is 0 Å². The van der Waals surface area contributed by atoms with E-state index in [9.17, 15) is 9.90 Å². The summed E-state index contributed by atoms with van der Waals surface area (Å²) in [5, 5.41) is 5.97. The molecule has 16 heteroatoms. The van der Waals surface area contributed by atoms with Crippen LogP contribution in [0, 0.1) is 0 Å². The van der Waals surface area contributed by atoms with Gasteiger partial charge in [0.15, 0.2) is 0 Å². The number of hydrogen-bond donors (Lipinski definition) is 1. The molecule has 0 aliphatic heterocycles. The zero-order valence-corrected chi connectivity index (χ0v) is 26.8. The van der Waals surface area contributed by atoms with Gasteiger partial charge in [-0.15, -0.1) is 0 Å². The molecule has 3 aromatic carbocycles. The molecule has 0 aliphatic rings. The van der Waals surface area contributed by atoms with Crippen LogP contribution in [0.2, 0.25) is 70.3 Å². The van der Waals surface area contributed by atoms with Gasteiger partial charge in [-0.2, -0.15) is 0 Å². The van der Waals surface area contributed by atoms with Crippen LogP contribution < -0.4 is 0 Å². The predicted octanol–water partition coefficient (Wildman–Crippen LogP) is 13.7. The van der Waals surface area contributed by atoms with Gasteiger partial charge in [0, 0.05) is 22.6 Å². The Bertz CT molecular complexity index is 1310. The van der Waals surface area contributed by atoms with Gasteiger partial charge in [-0.3, -0.25) is 0 Å². The van der Waals surface area contributed by atoms with Crippen LogP contribution in [-0.2, 0) is 0 Å².